The van der Waals surface area contributed by atoms with E-state index in [0.29, 0.717) is 9.50 Å². The number of benzene rings is 1. The third-order valence-corrected chi connectivity index (χ3v) is 4.86. The Morgan fingerprint density at radius 2 is 2.12 bits per heavy atom. The molecule has 0 unspecified atom stereocenters. The summed E-state index contributed by atoms with van der Waals surface area (Å²) in [6.07, 6.45) is -0.746. The van der Waals surface area contributed by atoms with Gasteiger partial charge in [-0.1, -0.05) is 11.6 Å². The Balaban J connectivity index is 3.11. The first-order valence-electron chi connectivity index (χ1n) is 4.87. The molecule has 0 spiro atoms. The van der Waals surface area contributed by atoms with Crippen LogP contribution in [0.2, 0.25) is 5.02 Å². The SMILES string of the molecule is Cc1cc(Br)c(S(=O)(=O)NC[C@H](C)O)cc1Cl. The molecule has 0 fully saturated rings. The zero-order chi connectivity index (χ0) is 13.2. The second kappa shape index (κ2) is 5.67. The highest BCUT2D eigenvalue weighted by Gasteiger charge is 2.19. The average Bonchev–Trinajstić information content (AvgIpc) is 2.20. The summed E-state index contributed by atoms with van der Waals surface area (Å²) in [4.78, 5) is 0.0637. The molecule has 0 amide bonds. The first-order valence-corrected chi connectivity index (χ1v) is 7.53. The van der Waals surface area contributed by atoms with Gasteiger partial charge in [-0.2, -0.15) is 0 Å². The Morgan fingerprint density at radius 3 is 2.65 bits per heavy atom. The molecular formula is C10H13BrClNO3S. The van der Waals surface area contributed by atoms with Crippen LogP contribution in [0, 0.1) is 6.92 Å². The molecule has 96 valence electrons. The minimum atomic E-state index is -3.67. The van der Waals surface area contributed by atoms with E-state index >= 15 is 0 Å². The number of rotatable bonds is 4. The lowest BCUT2D eigenvalue weighted by atomic mass is 10.2. The summed E-state index contributed by atoms with van der Waals surface area (Å²) < 4.78 is 26.6. The number of hydrogen-bond acceptors (Lipinski definition) is 3. The summed E-state index contributed by atoms with van der Waals surface area (Å²) >= 11 is 9.08. The van der Waals surface area contributed by atoms with E-state index in [0.717, 1.165) is 5.56 Å². The number of halogens is 2. The fourth-order valence-electron chi connectivity index (χ4n) is 1.14. The van der Waals surface area contributed by atoms with Crippen LogP contribution in [-0.2, 0) is 10.0 Å². The van der Waals surface area contributed by atoms with Gasteiger partial charge in [-0.3, -0.25) is 0 Å². The zero-order valence-electron chi connectivity index (χ0n) is 9.37. The van der Waals surface area contributed by atoms with E-state index in [4.69, 9.17) is 16.7 Å². The second-order valence-corrected chi connectivity index (χ2v) is 6.73. The van der Waals surface area contributed by atoms with E-state index in [1.165, 1.54) is 13.0 Å². The fourth-order valence-corrected chi connectivity index (χ4v) is 3.67. The highest BCUT2D eigenvalue weighted by molar-refractivity contribution is 9.10. The maximum atomic E-state index is 11.9. The minimum absolute atomic E-state index is 0.0414. The molecule has 0 aliphatic carbocycles. The first-order chi connectivity index (χ1) is 7.74. The Hall–Kier alpha value is -0.140. The molecule has 1 aromatic carbocycles. The number of sulfonamides is 1. The van der Waals surface area contributed by atoms with E-state index in [2.05, 4.69) is 20.7 Å². The van der Waals surface area contributed by atoms with Gasteiger partial charge in [-0.15, -0.1) is 0 Å². The highest BCUT2D eigenvalue weighted by Crippen LogP contribution is 2.28. The van der Waals surface area contributed by atoms with Crippen molar-refractivity contribution in [3.8, 4) is 0 Å². The van der Waals surface area contributed by atoms with E-state index in [-0.39, 0.29) is 11.4 Å². The lowest BCUT2D eigenvalue weighted by molar-refractivity contribution is 0.198. The molecule has 1 atom stereocenters. The molecule has 1 rings (SSSR count). The van der Waals surface area contributed by atoms with Crippen LogP contribution in [0.1, 0.15) is 12.5 Å². The Labute approximate surface area is 114 Å². The van der Waals surface area contributed by atoms with Gasteiger partial charge >= 0.3 is 0 Å². The average molecular weight is 343 g/mol. The predicted molar refractivity (Wildman–Crippen MR) is 70.8 cm³/mol. The van der Waals surface area contributed by atoms with Gasteiger partial charge in [0.25, 0.3) is 0 Å². The Morgan fingerprint density at radius 1 is 1.53 bits per heavy atom. The van der Waals surface area contributed by atoms with E-state index in [9.17, 15) is 8.42 Å². The molecule has 7 heteroatoms. The van der Waals surface area contributed by atoms with Crippen LogP contribution in [0.4, 0.5) is 0 Å². The van der Waals surface area contributed by atoms with E-state index in [1.54, 1.807) is 13.0 Å². The minimum Gasteiger partial charge on any atom is -0.392 e. The third kappa shape index (κ3) is 3.93. The molecular weight excluding hydrogens is 330 g/mol. The number of aryl methyl sites for hydroxylation is 1. The number of nitrogens with one attached hydrogen (secondary N) is 1. The number of aliphatic hydroxyl groups excluding tert-OH is 1. The van der Waals surface area contributed by atoms with E-state index < -0.39 is 16.1 Å². The van der Waals surface area contributed by atoms with Crippen LogP contribution >= 0.6 is 27.5 Å². The summed E-state index contributed by atoms with van der Waals surface area (Å²) in [5.74, 6) is 0. The Kier molecular flexibility index (Phi) is 4.97. The van der Waals surface area contributed by atoms with Gasteiger partial charge < -0.3 is 5.11 Å². The zero-order valence-corrected chi connectivity index (χ0v) is 12.5. The molecule has 0 aromatic heterocycles. The molecule has 4 nitrogen and oxygen atoms in total. The van der Waals surface area contributed by atoms with Crippen molar-refractivity contribution in [3.63, 3.8) is 0 Å². The van der Waals surface area contributed by atoms with Crippen molar-refractivity contribution in [1.82, 2.24) is 4.72 Å². The summed E-state index contributed by atoms with van der Waals surface area (Å²) in [6, 6.07) is 3.02. The maximum Gasteiger partial charge on any atom is 0.241 e. The molecule has 0 saturated carbocycles. The van der Waals surface area contributed by atoms with Gasteiger partial charge in [0.15, 0.2) is 0 Å². The molecule has 0 heterocycles. The number of aliphatic hydroxyl groups is 1. The van der Waals surface area contributed by atoms with Crippen molar-refractivity contribution in [1.29, 1.82) is 0 Å². The summed E-state index contributed by atoms with van der Waals surface area (Å²) in [5.41, 5.74) is 0.785. The van der Waals surface area contributed by atoms with Crippen LogP contribution in [0.15, 0.2) is 21.5 Å². The molecule has 0 saturated heterocycles. The number of hydrogen-bond donors (Lipinski definition) is 2. The summed E-state index contributed by atoms with van der Waals surface area (Å²) in [7, 11) is -3.67. The van der Waals surface area contributed by atoms with Crippen LogP contribution in [0.3, 0.4) is 0 Å². The molecule has 0 aliphatic heterocycles. The lowest BCUT2D eigenvalue weighted by Gasteiger charge is -2.11. The smallest absolute Gasteiger partial charge is 0.241 e. The van der Waals surface area contributed by atoms with Crippen LogP contribution in [0.5, 0.6) is 0 Å². The molecule has 0 bridgehead atoms. The highest BCUT2D eigenvalue weighted by atomic mass is 79.9. The maximum absolute atomic E-state index is 11.9. The van der Waals surface area contributed by atoms with Gasteiger partial charge in [0.2, 0.25) is 10.0 Å². The van der Waals surface area contributed by atoms with Gasteiger partial charge in [0, 0.05) is 16.0 Å². The van der Waals surface area contributed by atoms with Crippen LogP contribution in [-0.4, -0.2) is 26.2 Å². The van der Waals surface area contributed by atoms with Crippen molar-refractivity contribution < 1.29 is 13.5 Å². The molecule has 0 radical (unpaired) electrons. The van der Waals surface area contributed by atoms with Gasteiger partial charge in [0.1, 0.15) is 0 Å². The van der Waals surface area contributed by atoms with E-state index in [1.807, 2.05) is 0 Å². The van der Waals surface area contributed by atoms with Crippen molar-refractivity contribution in [2.75, 3.05) is 6.54 Å². The van der Waals surface area contributed by atoms with Crippen molar-refractivity contribution in [2.45, 2.75) is 24.8 Å². The normalized spacial score (nSPS) is 13.7. The van der Waals surface area contributed by atoms with Crippen LogP contribution in [0.25, 0.3) is 0 Å². The molecule has 1 aromatic rings. The quantitative estimate of drug-likeness (QED) is 0.880. The molecule has 0 aliphatic rings. The van der Waals surface area contributed by atoms with Gasteiger partial charge in [0.05, 0.1) is 11.0 Å². The van der Waals surface area contributed by atoms with Gasteiger partial charge in [-0.25, -0.2) is 13.1 Å². The molecule has 17 heavy (non-hydrogen) atoms. The third-order valence-electron chi connectivity index (χ3n) is 2.07. The molecule has 2 N–H and O–H groups in total. The largest absolute Gasteiger partial charge is 0.392 e. The van der Waals surface area contributed by atoms with Gasteiger partial charge in [-0.05, 0) is 47.5 Å². The van der Waals surface area contributed by atoms with Crippen molar-refractivity contribution in [3.05, 3.63) is 27.2 Å². The standard InChI is InChI=1S/C10H13BrClNO3S/c1-6-3-8(11)10(4-9(6)12)17(15,16)13-5-7(2)14/h3-4,7,13-14H,5H2,1-2H3/t7-/m0/s1. The summed E-state index contributed by atoms with van der Waals surface area (Å²) in [6.45, 7) is 3.24. The van der Waals surface area contributed by atoms with Crippen molar-refractivity contribution >= 4 is 37.6 Å². The summed E-state index contributed by atoms with van der Waals surface area (Å²) in [5, 5.41) is 9.45. The predicted octanol–water partition coefficient (Wildman–Crippen LogP) is 2.07. The topological polar surface area (TPSA) is 66.4 Å². The lowest BCUT2D eigenvalue weighted by Crippen LogP contribution is -2.30. The van der Waals surface area contributed by atoms with Crippen LogP contribution < -0.4 is 4.72 Å². The second-order valence-electron chi connectivity index (χ2n) is 3.73. The fraction of sp³-hybridized carbons (Fsp3) is 0.400. The first kappa shape index (κ1) is 14.9. The monoisotopic (exact) mass is 341 g/mol. The van der Waals surface area contributed by atoms with Crippen molar-refractivity contribution in [2.24, 2.45) is 0 Å². The Bertz CT molecular complexity index is 517.